The van der Waals surface area contributed by atoms with Crippen LogP contribution in [0.15, 0.2) is 64.6 Å². The predicted molar refractivity (Wildman–Crippen MR) is 96.7 cm³/mol. The zero-order chi connectivity index (χ0) is 17.7. The number of hydrogen-bond donors (Lipinski definition) is 0. The number of thioether (sulfide) groups is 1. The van der Waals surface area contributed by atoms with Gasteiger partial charge in [0.2, 0.25) is 15.9 Å². The summed E-state index contributed by atoms with van der Waals surface area (Å²) in [7, 11) is -3.49. The van der Waals surface area contributed by atoms with Crippen LogP contribution in [0.5, 0.6) is 0 Å². The normalized spacial score (nSPS) is 15.9. The van der Waals surface area contributed by atoms with Gasteiger partial charge >= 0.3 is 0 Å². The van der Waals surface area contributed by atoms with Crippen molar-refractivity contribution < 1.29 is 13.2 Å². The standard InChI is InChI=1S/C17H19N3O3S2/c21-17(14-24-16-8-4-5-9-18-16)19-10-12-20(13-11-19)25(22,23)15-6-2-1-3-7-15/h1-9H,10-14H2. The van der Waals surface area contributed by atoms with E-state index in [0.29, 0.717) is 36.8 Å². The molecule has 0 atom stereocenters. The molecule has 2 heterocycles. The summed E-state index contributed by atoms with van der Waals surface area (Å²) in [6, 6.07) is 14.0. The van der Waals surface area contributed by atoms with Crippen molar-refractivity contribution in [1.82, 2.24) is 14.2 Å². The first-order valence-corrected chi connectivity index (χ1v) is 10.4. The van der Waals surface area contributed by atoms with E-state index >= 15 is 0 Å². The summed E-state index contributed by atoms with van der Waals surface area (Å²) in [5.41, 5.74) is 0. The number of carbonyl (C=O) groups excluding carboxylic acids is 1. The molecule has 0 bridgehead atoms. The molecule has 25 heavy (non-hydrogen) atoms. The van der Waals surface area contributed by atoms with Crippen LogP contribution >= 0.6 is 11.8 Å². The molecule has 1 saturated heterocycles. The van der Waals surface area contributed by atoms with Crippen molar-refractivity contribution in [2.45, 2.75) is 9.92 Å². The fourth-order valence-electron chi connectivity index (χ4n) is 2.58. The Morgan fingerprint density at radius 2 is 1.68 bits per heavy atom. The Kier molecular flexibility index (Phi) is 5.72. The average Bonchev–Trinajstić information content (AvgIpc) is 2.68. The van der Waals surface area contributed by atoms with E-state index < -0.39 is 10.0 Å². The van der Waals surface area contributed by atoms with Gasteiger partial charge in [-0.1, -0.05) is 36.0 Å². The summed E-state index contributed by atoms with van der Waals surface area (Å²) in [6.45, 7) is 1.45. The highest BCUT2D eigenvalue weighted by molar-refractivity contribution is 7.99. The van der Waals surface area contributed by atoms with Crippen LogP contribution in [-0.2, 0) is 14.8 Å². The molecule has 0 spiro atoms. The summed E-state index contributed by atoms with van der Waals surface area (Å²) in [4.78, 5) is 18.5. The molecule has 0 radical (unpaired) electrons. The first-order chi connectivity index (χ1) is 12.1. The van der Waals surface area contributed by atoms with Crippen molar-refractivity contribution in [3.05, 3.63) is 54.7 Å². The molecule has 0 aliphatic carbocycles. The number of hydrogen-bond acceptors (Lipinski definition) is 5. The van der Waals surface area contributed by atoms with E-state index in [1.807, 2.05) is 18.2 Å². The first kappa shape index (κ1) is 17.9. The number of piperazine rings is 1. The molecule has 0 saturated carbocycles. The Labute approximate surface area is 151 Å². The largest absolute Gasteiger partial charge is 0.339 e. The van der Waals surface area contributed by atoms with Crippen LogP contribution in [-0.4, -0.2) is 60.4 Å². The second-order valence-electron chi connectivity index (χ2n) is 5.55. The smallest absolute Gasteiger partial charge is 0.243 e. The van der Waals surface area contributed by atoms with Crippen LogP contribution in [0.1, 0.15) is 0 Å². The SMILES string of the molecule is O=C(CSc1ccccn1)N1CCN(S(=O)(=O)c2ccccc2)CC1. The van der Waals surface area contributed by atoms with Crippen molar-refractivity contribution in [1.29, 1.82) is 0 Å². The molecule has 1 fully saturated rings. The lowest BCUT2D eigenvalue weighted by Gasteiger charge is -2.34. The van der Waals surface area contributed by atoms with E-state index in [0.717, 1.165) is 5.03 Å². The third kappa shape index (κ3) is 4.39. The number of amides is 1. The van der Waals surface area contributed by atoms with Crippen LogP contribution < -0.4 is 0 Å². The van der Waals surface area contributed by atoms with E-state index in [-0.39, 0.29) is 5.91 Å². The van der Waals surface area contributed by atoms with Crippen LogP contribution in [0.4, 0.5) is 0 Å². The second-order valence-corrected chi connectivity index (χ2v) is 8.49. The molecule has 1 aliphatic heterocycles. The number of nitrogens with zero attached hydrogens (tertiary/aromatic N) is 3. The van der Waals surface area contributed by atoms with Crippen LogP contribution in [0.2, 0.25) is 0 Å². The summed E-state index contributed by atoms with van der Waals surface area (Å²) in [5.74, 6) is 0.315. The summed E-state index contributed by atoms with van der Waals surface area (Å²) >= 11 is 1.39. The summed E-state index contributed by atoms with van der Waals surface area (Å²) in [6.07, 6.45) is 1.69. The Morgan fingerprint density at radius 3 is 2.32 bits per heavy atom. The predicted octanol–water partition coefficient (Wildman–Crippen LogP) is 1.71. The van der Waals surface area contributed by atoms with Crippen molar-refractivity contribution in [3.8, 4) is 0 Å². The molecule has 1 aliphatic rings. The quantitative estimate of drug-likeness (QED) is 0.742. The average molecular weight is 377 g/mol. The molecular weight excluding hydrogens is 358 g/mol. The summed E-state index contributed by atoms with van der Waals surface area (Å²) in [5, 5.41) is 0.807. The topological polar surface area (TPSA) is 70.6 Å². The molecule has 0 unspecified atom stereocenters. The minimum absolute atomic E-state index is 0.00686. The molecule has 0 N–H and O–H groups in total. The molecule has 132 valence electrons. The van der Waals surface area contributed by atoms with Crippen LogP contribution in [0.3, 0.4) is 0 Å². The zero-order valence-electron chi connectivity index (χ0n) is 13.6. The Hall–Kier alpha value is -1.90. The molecule has 1 aromatic heterocycles. The van der Waals surface area contributed by atoms with E-state index in [4.69, 9.17) is 0 Å². The highest BCUT2D eigenvalue weighted by Gasteiger charge is 2.29. The van der Waals surface area contributed by atoms with E-state index in [1.54, 1.807) is 41.4 Å². The Balaban J connectivity index is 1.54. The number of carbonyl (C=O) groups is 1. The monoisotopic (exact) mass is 377 g/mol. The highest BCUT2D eigenvalue weighted by Crippen LogP contribution is 2.19. The van der Waals surface area contributed by atoms with Crippen LogP contribution in [0, 0.1) is 0 Å². The minimum atomic E-state index is -3.49. The number of sulfonamides is 1. The maximum atomic E-state index is 12.6. The number of rotatable bonds is 5. The van der Waals surface area contributed by atoms with Crippen LogP contribution in [0.25, 0.3) is 0 Å². The number of benzene rings is 1. The van der Waals surface area contributed by atoms with Gasteiger partial charge in [0.05, 0.1) is 15.7 Å². The molecule has 3 rings (SSSR count). The van der Waals surface area contributed by atoms with Gasteiger partial charge in [0.25, 0.3) is 0 Å². The van der Waals surface area contributed by atoms with Gasteiger partial charge in [-0.15, -0.1) is 0 Å². The third-order valence-corrected chi connectivity index (χ3v) is 6.80. The molecule has 1 aromatic carbocycles. The molecule has 8 heteroatoms. The molecular formula is C17H19N3O3S2. The second kappa shape index (κ2) is 7.99. The van der Waals surface area contributed by atoms with Gasteiger partial charge in [-0.3, -0.25) is 4.79 Å². The number of pyridine rings is 1. The zero-order valence-corrected chi connectivity index (χ0v) is 15.2. The van der Waals surface area contributed by atoms with E-state index in [9.17, 15) is 13.2 Å². The van der Waals surface area contributed by atoms with Gasteiger partial charge in [-0.25, -0.2) is 13.4 Å². The van der Waals surface area contributed by atoms with Crippen molar-refractivity contribution in [3.63, 3.8) is 0 Å². The molecule has 6 nitrogen and oxygen atoms in total. The van der Waals surface area contributed by atoms with E-state index in [1.165, 1.54) is 16.1 Å². The summed E-state index contributed by atoms with van der Waals surface area (Å²) < 4.78 is 26.6. The van der Waals surface area contributed by atoms with Crippen molar-refractivity contribution >= 4 is 27.7 Å². The van der Waals surface area contributed by atoms with Gasteiger partial charge in [0.1, 0.15) is 0 Å². The fourth-order valence-corrected chi connectivity index (χ4v) is 4.79. The fraction of sp³-hybridized carbons (Fsp3) is 0.294. The van der Waals surface area contributed by atoms with Gasteiger partial charge in [-0.2, -0.15) is 4.31 Å². The highest BCUT2D eigenvalue weighted by atomic mass is 32.2. The Morgan fingerprint density at radius 1 is 1.00 bits per heavy atom. The maximum absolute atomic E-state index is 12.6. The third-order valence-electron chi connectivity index (χ3n) is 3.95. The van der Waals surface area contributed by atoms with Gasteiger partial charge in [-0.05, 0) is 24.3 Å². The molecule has 1 amide bonds. The van der Waals surface area contributed by atoms with Crippen molar-refractivity contribution in [2.24, 2.45) is 0 Å². The molecule has 2 aromatic rings. The minimum Gasteiger partial charge on any atom is -0.339 e. The van der Waals surface area contributed by atoms with Gasteiger partial charge < -0.3 is 4.90 Å². The first-order valence-electron chi connectivity index (χ1n) is 7.94. The lowest BCUT2D eigenvalue weighted by atomic mass is 10.3. The van der Waals surface area contributed by atoms with Gasteiger partial charge in [0.15, 0.2) is 0 Å². The lowest BCUT2D eigenvalue weighted by Crippen LogP contribution is -2.50. The maximum Gasteiger partial charge on any atom is 0.243 e. The number of aromatic nitrogens is 1. The Bertz CT molecular complexity index is 806. The van der Waals surface area contributed by atoms with Crippen molar-refractivity contribution in [2.75, 3.05) is 31.9 Å². The van der Waals surface area contributed by atoms with Gasteiger partial charge in [0, 0.05) is 32.4 Å². The van der Waals surface area contributed by atoms with E-state index in [2.05, 4.69) is 4.98 Å². The lowest BCUT2D eigenvalue weighted by molar-refractivity contribution is -0.129.